The van der Waals surface area contributed by atoms with E-state index in [1.54, 1.807) is 42.2 Å². The number of halogens is 6. The monoisotopic (exact) mass is 1200 g/mol. The molecule has 4 aromatic rings. The number of nitrogens with one attached hydrogen (secondary N) is 6. The molecule has 0 aliphatic carbocycles. The van der Waals surface area contributed by atoms with E-state index in [2.05, 4.69) is 55.5 Å². The van der Waals surface area contributed by atoms with E-state index in [-0.39, 0.29) is 123 Å². The van der Waals surface area contributed by atoms with Gasteiger partial charge in [0.05, 0.1) is 31.2 Å². The van der Waals surface area contributed by atoms with Gasteiger partial charge in [-0.05, 0) is 130 Å². The van der Waals surface area contributed by atoms with Crippen molar-refractivity contribution in [2.45, 2.75) is 102 Å². The summed E-state index contributed by atoms with van der Waals surface area (Å²) < 4.78 is 55.2. The number of rotatable bonds is 19. The minimum absolute atomic E-state index is 0. The van der Waals surface area contributed by atoms with Crippen LogP contribution in [-0.2, 0) is 51.8 Å². The molecule has 4 aromatic carbocycles. The van der Waals surface area contributed by atoms with Crippen LogP contribution in [0.4, 0.5) is 30.2 Å². The van der Waals surface area contributed by atoms with Crippen LogP contribution in [0.25, 0.3) is 0 Å². The Kier molecular flexibility index (Phi) is 23.6. The Bertz CT molecular complexity index is 2860. The molecule has 7 atom stereocenters. The number of anilines is 3. The van der Waals surface area contributed by atoms with Crippen molar-refractivity contribution < 1.29 is 46.6 Å². The van der Waals surface area contributed by atoms with Crippen molar-refractivity contribution in [2.24, 2.45) is 5.92 Å². The van der Waals surface area contributed by atoms with Gasteiger partial charge in [0.2, 0.25) is 23.6 Å². The van der Waals surface area contributed by atoms with Crippen LogP contribution in [0.1, 0.15) is 80.8 Å². The molecule has 3 saturated heterocycles. The third-order valence-corrected chi connectivity index (χ3v) is 16.5. The van der Waals surface area contributed by atoms with Crippen LogP contribution in [0.2, 0.25) is 0 Å². The predicted molar refractivity (Wildman–Crippen MR) is 317 cm³/mol. The van der Waals surface area contributed by atoms with Crippen molar-refractivity contribution in [3.63, 3.8) is 0 Å². The number of fused-ring (bicyclic) bond motifs is 2. The standard InChI is InChI=1S/C59H75F3N10O7.3ClH/c1-36(63-5)28-66-53(41-18-22-78-23-19-41)57(76)71-31-42-12-15-44(27-46(42)55(71)56(75)68-54-48(61)7-6-8-49(54)62)67-51(73)17-20-64-58(77)59(4)35-72(50-26-40(11-16-47(50)59)25-39-9-13-43(60)14-10-39)52(74)33-70-30-37(2)65-29-45(70)32-69-21-24-79-34-38(69)3;;;/h6-16,26-27,36-38,41,45,53,55,63,65-66H,17-25,28-35H2,1-5H3,(H,64,77)(H,67,73)(H,68,75);3*1H/t36-,37+,38+,45+,53-,55-,59+;;;/m0.../s1. The first-order valence-electron chi connectivity index (χ1n) is 27.7. The zero-order chi connectivity index (χ0) is 56.0. The summed E-state index contributed by atoms with van der Waals surface area (Å²) in [6.07, 6.45) is 1.57. The van der Waals surface area contributed by atoms with Crippen molar-refractivity contribution in [3.8, 4) is 0 Å². The molecule has 5 amide bonds. The number of nitrogens with zero attached hydrogens (tertiary/aromatic N) is 4. The Morgan fingerprint density at radius 2 is 1.57 bits per heavy atom. The van der Waals surface area contributed by atoms with E-state index in [9.17, 15) is 28.4 Å². The molecule has 6 N–H and O–H groups in total. The Labute approximate surface area is 497 Å². The zero-order valence-electron chi connectivity index (χ0n) is 47.1. The second-order valence-electron chi connectivity index (χ2n) is 22.2. The zero-order valence-corrected chi connectivity index (χ0v) is 49.5. The highest BCUT2D eigenvalue weighted by Crippen LogP contribution is 2.43. The summed E-state index contributed by atoms with van der Waals surface area (Å²) in [7, 11) is 1.82. The lowest BCUT2D eigenvalue weighted by Gasteiger charge is -2.43. The van der Waals surface area contributed by atoms with Crippen LogP contribution in [0.5, 0.6) is 0 Å². The molecule has 0 saturated carbocycles. The van der Waals surface area contributed by atoms with Gasteiger partial charge in [-0.25, -0.2) is 13.2 Å². The van der Waals surface area contributed by atoms with Crippen molar-refractivity contribution in [2.75, 3.05) is 101 Å². The summed E-state index contributed by atoms with van der Waals surface area (Å²) in [6, 6.07) is 18.8. The Morgan fingerprint density at radius 3 is 2.28 bits per heavy atom. The average molecular weight is 1200 g/mol. The summed E-state index contributed by atoms with van der Waals surface area (Å²) in [5.41, 5.74) is 2.55. The second kappa shape index (κ2) is 29.4. The van der Waals surface area contributed by atoms with Crippen molar-refractivity contribution in [1.82, 2.24) is 36.0 Å². The van der Waals surface area contributed by atoms with E-state index in [1.807, 2.05) is 32.2 Å². The molecule has 5 aliphatic heterocycles. The summed E-state index contributed by atoms with van der Waals surface area (Å²) in [6.45, 7) is 13.9. The van der Waals surface area contributed by atoms with E-state index in [4.69, 9.17) is 9.47 Å². The summed E-state index contributed by atoms with van der Waals surface area (Å²) in [5.74, 6) is -4.53. The first kappa shape index (κ1) is 65.8. The molecule has 0 radical (unpaired) electrons. The molecular formula is C59H78Cl3F3N10O7. The first-order valence-corrected chi connectivity index (χ1v) is 27.7. The van der Waals surface area contributed by atoms with Crippen molar-refractivity contribution in [3.05, 3.63) is 124 Å². The number of piperazine rings is 1. The Balaban J connectivity index is 0.00000360. The minimum atomic E-state index is -1.32. The van der Waals surface area contributed by atoms with Crippen LogP contribution < -0.4 is 36.8 Å². The molecule has 0 unspecified atom stereocenters. The molecule has 3 fully saturated rings. The molecule has 5 aliphatic rings. The van der Waals surface area contributed by atoms with E-state index in [0.29, 0.717) is 86.8 Å². The topological polar surface area (TPSA) is 189 Å². The van der Waals surface area contributed by atoms with Crippen LogP contribution in [0.15, 0.2) is 78.9 Å². The summed E-state index contributed by atoms with van der Waals surface area (Å²) in [5, 5.41) is 18.5. The lowest BCUT2D eigenvalue weighted by Crippen LogP contribution is -2.62. The lowest BCUT2D eigenvalue weighted by atomic mass is 9.83. The number of hydrogen-bond acceptors (Lipinski definition) is 12. The predicted octanol–water partition coefficient (Wildman–Crippen LogP) is 6.11. The molecule has 9 rings (SSSR count). The average Bonchev–Trinajstić information content (AvgIpc) is 4.07. The maximum absolute atomic E-state index is 15.0. The quantitative estimate of drug-likeness (QED) is 0.0634. The number of ether oxygens (including phenoxy) is 2. The van der Waals surface area contributed by atoms with Gasteiger partial charge in [0.25, 0.3) is 5.91 Å². The van der Waals surface area contributed by atoms with Gasteiger partial charge >= 0.3 is 0 Å². The lowest BCUT2D eigenvalue weighted by molar-refractivity contribution is -0.142. The number of amides is 5. The fraction of sp³-hybridized carbons (Fsp3) is 0.508. The van der Waals surface area contributed by atoms with Gasteiger partial charge in [-0.3, -0.25) is 33.8 Å². The molecule has 0 bridgehead atoms. The van der Waals surface area contributed by atoms with E-state index < -0.39 is 46.6 Å². The number of carbonyl (C=O) groups is 5. The maximum atomic E-state index is 15.0. The Hall–Kier alpha value is -5.39. The van der Waals surface area contributed by atoms with Crippen molar-refractivity contribution in [1.29, 1.82) is 0 Å². The molecule has 0 aromatic heterocycles. The van der Waals surface area contributed by atoms with Crippen LogP contribution >= 0.6 is 37.2 Å². The van der Waals surface area contributed by atoms with E-state index >= 15 is 8.78 Å². The molecule has 17 nitrogen and oxygen atoms in total. The maximum Gasteiger partial charge on any atom is 0.252 e. The summed E-state index contributed by atoms with van der Waals surface area (Å²) in [4.78, 5) is 79.9. The molecular weight excluding hydrogens is 1120 g/mol. The summed E-state index contributed by atoms with van der Waals surface area (Å²) >= 11 is 0. The number of benzene rings is 4. The largest absolute Gasteiger partial charge is 0.381 e. The van der Waals surface area contributed by atoms with Gasteiger partial charge < -0.3 is 51.2 Å². The van der Waals surface area contributed by atoms with Gasteiger partial charge in [0.15, 0.2) is 0 Å². The van der Waals surface area contributed by atoms with Gasteiger partial charge in [0.1, 0.15) is 29.2 Å². The van der Waals surface area contributed by atoms with Crippen LogP contribution in [0, 0.1) is 23.4 Å². The van der Waals surface area contributed by atoms with Gasteiger partial charge in [-0.2, -0.15) is 0 Å². The van der Waals surface area contributed by atoms with Crippen molar-refractivity contribution >= 4 is 83.8 Å². The third kappa shape index (κ3) is 15.3. The highest BCUT2D eigenvalue weighted by atomic mass is 35.5. The third-order valence-electron chi connectivity index (χ3n) is 16.5. The van der Waals surface area contributed by atoms with Crippen LogP contribution in [-0.4, -0.2) is 160 Å². The number of carbonyl (C=O) groups excluding carboxylic acids is 5. The fourth-order valence-corrected chi connectivity index (χ4v) is 11.7. The molecule has 448 valence electrons. The highest BCUT2D eigenvalue weighted by Gasteiger charge is 2.48. The minimum Gasteiger partial charge on any atom is -0.381 e. The van der Waals surface area contributed by atoms with Gasteiger partial charge in [0, 0.05) is 108 Å². The SMILES string of the molecule is CN[C@@H](C)CN[C@H](C(=O)N1Cc2ccc(NC(=O)CCNC(=O)[C@]3(C)CN(C(=O)CN4C[C@@H](C)NC[C@@H]4CN4CCOC[C@H]4C)c4cc(Cc5ccc(F)cc5)ccc43)cc2[C@H]1C(=O)Nc1c(F)cccc1F)C1CCOCC1.Cl.Cl.Cl. The van der Waals surface area contributed by atoms with E-state index in [0.717, 1.165) is 42.9 Å². The second-order valence-corrected chi connectivity index (χ2v) is 22.2. The molecule has 23 heteroatoms. The molecule has 82 heavy (non-hydrogen) atoms. The highest BCUT2D eigenvalue weighted by molar-refractivity contribution is 6.03. The molecule has 5 heterocycles. The Morgan fingerprint density at radius 1 is 0.854 bits per heavy atom. The van der Waals surface area contributed by atoms with E-state index in [1.165, 1.54) is 23.1 Å². The van der Waals surface area contributed by atoms with Gasteiger partial charge in [-0.1, -0.05) is 36.4 Å². The van der Waals surface area contributed by atoms with Gasteiger partial charge in [-0.15, -0.1) is 37.2 Å². The molecule has 0 spiro atoms. The number of hydrogen-bond donors (Lipinski definition) is 6. The van der Waals surface area contributed by atoms with Crippen LogP contribution in [0.3, 0.4) is 0 Å². The number of likely N-dealkylation sites (N-methyl/N-ethyl adjacent to an activating group) is 1. The smallest absolute Gasteiger partial charge is 0.252 e. The first-order chi connectivity index (χ1) is 38.0. The fourth-order valence-electron chi connectivity index (χ4n) is 11.7. The normalized spacial score (nSPS) is 22.5. The number of para-hydroxylation sites is 1. The number of morpholine rings is 1.